The summed E-state index contributed by atoms with van der Waals surface area (Å²) in [7, 11) is 0. The average Bonchev–Trinajstić information content (AvgIpc) is 3.14. The summed E-state index contributed by atoms with van der Waals surface area (Å²) in [5, 5.41) is 64.4. The van der Waals surface area contributed by atoms with Gasteiger partial charge in [-0.2, -0.15) is 0 Å². The summed E-state index contributed by atoms with van der Waals surface area (Å²) in [5.74, 6) is -0.634. The number of hydrogen-bond donors (Lipinski definition) is 7. The summed E-state index contributed by atoms with van der Waals surface area (Å²) in [6.07, 6.45) is 26.9. The first kappa shape index (κ1) is 48.6. The van der Waals surface area contributed by atoms with Crippen molar-refractivity contribution in [2.24, 2.45) is 0 Å². The molecule has 7 N–H and O–H groups in total. The molecule has 8 unspecified atom stereocenters. The average molecular weight is 742 g/mol. The van der Waals surface area contributed by atoms with Gasteiger partial charge in [-0.25, -0.2) is 0 Å². The van der Waals surface area contributed by atoms with Crippen LogP contribution in [0.25, 0.3) is 0 Å². The SMILES string of the molecule is CCCCCCCC/C=C\CCCCC(O)C(=O)NC(COC1OC(CO)C(O)C(O)C1O)C(O)/C=C/CCCCCCCCCCCCCCC. The molecule has 306 valence electrons. The summed E-state index contributed by atoms with van der Waals surface area (Å²) < 4.78 is 11.1. The molecular formula is C42H79NO9. The molecule has 10 heteroatoms. The van der Waals surface area contributed by atoms with Gasteiger partial charge in [-0.15, -0.1) is 0 Å². The molecule has 1 aliphatic rings. The Bertz CT molecular complexity index is 886. The second-order valence-corrected chi connectivity index (χ2v) is 14.9. The molecule has 0 aromatic carbocycles. The molecule has 1 fully saturated rings. The number of aliphatic hydroxyl groups excluding tert-OH is 6. The van der Waals surface area contributed by atoms with Gasteiger partial charge in [0.15, 0.2) is 6.29 Å². The summed E-state index contributed by atoms with van der Waals surface area (Å²) in [5.41, 5.74) is 0. The van der Waals surface area contributed by atoms with Crippen molar-refractivity contribution in [1.29, 1.82) is 0 Å². The van der Waals surface area contributed by atoms with E-state index in [1.54, 1.807) is 6.08 Å². The molecule has 0 aromatic heterocycles. The molecule has 0 saturated carbocycles. The number of ether oxygens (including phenoxy) is 2. The van der Waals surface area contributed by atoms with Crippen molar-refractivity contribution in [3.05, 3.63) is 24.3 Å². The van der Waals surface area contributed by atoms with Gasteiger partial charge in [0.25, 0.3) is 0 Å². The van der Waals surface area contributed by atoms with Gasteiger partial charge in [0.05, 0.1) is 25.4 Å². The van der Waals surface area contributed by atoms with E-state index in [1.807, 2.05) is 6.08 Å². The molecule has 1 aliphatic heterocycles. The van der Waals surface area contributed by atoms with E-state index < -0.39 is 61.5 Å². The number of hydrogen-bond acceptors (Lipinski definition) is 9. The molecule has 0 radical (unpaired) electrons. The van der Waals surface area contributed by atoms with Crippen molar-refractivity contribution >= 4 is 5.91 Å². The molecule has 0 aliphatic carbocycles. The number of unbranched alkanes of at least 4 members (excludes halogenated alkanes) is 21. The van der Waals surface area contributed by atoms with Crippen LogP contribution in [0.3, 0.4) is 0 Å². The summed E-state index contributed by atoms with van der Waals surface area (Å²) in [6.45, 7) is 3.56. The van der Waals surface area contributed by atoms with Crippen LogP contribution in [0.15, 0.2) is 24.3 Å². The van der Waals surface area contributed by atoms with Crippen LogP contribution in [0.5, 0.6) is 0 Å². The van der Waals surface area contributed by atoms with Crippen LogP contribution in [0.1, 0.15) is 174 Å². The maximum Gasteiger partial charge on any atom is 0.249 e. The lowest BCUT2D eigenvalue weighted by Gasteiger charge is -2.40. The van der Waals surface area contributed by atoms with Gasteiger partial charge in [0.1, 0.15) is 30.5 Å². The van der Waals surface area contributed by atoms with Gasteiger partial charge in [0.2, 0.25) is 5.91 Å². The number of carbonyl (C=O) groups is 1. The van der Waals surface area contributed by atoms with Gasteiger partial charge in [0, 0.05) is 0 Å². The fourth-order valence-corrected chi connectivity index (χ4v) is 6.57. The van der Waals surface area contributed by atoms with Crippen molar-refractivity contribution in [2.75, 3.05) is 13.2 Å². The highest BCUT2D eigenvalue weighted by atomic mass is 16.7. The number of nitrogens with one attached hydrogen (secondary N) is 1. The second-order valence-electron chi connectivity index (χ2n) is 14.9. The van der Waals surface area contributed by atoms with Crippen molar-refractivity contribution < 1.29 is 44.9 Å². The highest BCUT2D eigenvalue weighted by Gasteiger charge is 2.44. The number of allylic oxidation sites excluding steroid dienone is 3. The Labute approximate surface area is 316 Å². The van der Waals surface area contributed by atoms with Crippen molar-refractivity contribution in [3.63, 3.8) is 0 Å². The van der Waals surface area contributed by atoms with E-state index in [1.165, 1.54) is 109 Å². The number of rotatable bonds is 34. The van der Waals surface area contributed by atoms with Gasteiger partial charge >= 0.3 is 0 Å². The van der Waals surface area contributed by atoms with Crippen molar-refractivity contribution in [1.82, 2.24) is 5.32 Å². The van der Waals surface area contributed by atoms with E-state index in [-0.39, 0.29) is 13.0 Å². The third kappa shape index (κ3) is 23.4. The molecule has 0 bridgehead atoms. The fourth-order valence-electron chi connectivity index (χ4n) is 6.57. The summed E-state index contributed by atoms with van der Waals surface area (Å²) >= 11 is 0. The lowest BCUT2D eigenvalue weighted by molar-refractivity contribution is -0.302. The van der Waals surface area contributed by atoms with Gasteiger partial charge in [-0.05, 0) is 44.9 Å². The van der Waals surface area contributed by atoms with Crippen LogP contribution in [-0.2, 0) is 14.3 Å². The van der Waals surface area contributed by atoms with Gasteiger partial charge in [-0.3, -0.25) is 4.79 Å². The Morgan fingerprint density at radius 1 is 0.654 bits per heavy atom. The molecule has 0 aromatic rings. The van der Waals surface area contributed by atoms with Gasteiger partial charge < -0.3 is 45.4 Å². The van der Waals surface area contributed by atoms with Crippen LogP contribution < -0.4 is 5.32 Å². The third-order valence-corrected chi connectivity index (χ3v) is 10.1. The maximum absolute atomic E-state index is 13.0. The largest absolute Gasteiger partial charge is 0.394 e. The highest BCUT2D eigenvalue weighted by molar-refractivity contribution is 5.80. The molecule has 52 heavy (non-hydrogen) atoms. The van der Waals surface area contributed by atoms with Crippen LogP contribution in [0.2, 0.25) is 0 Å². The van der Waals surface area contributed by atoms with E-state index >= 15 is 0 Å². The van der Waals surface area contributed by atoms with Gasteiger partial charge in [-0.1, -0.05) is 154 Å². The van der Waals surface area contributed by atoms with Crippen LogP contribution >= 0.6 is 0 Å². The summed E-state index contributed by atoms with van der Waals surface area (Å²) in [6, 6.07) is -0.984. The number of amides is 1. The molecule has 8 atom stereocenters. The minimum atomic E-state index is -1.61. The Balaban J connectivity index is 2.50. The lowest BCUT2D eigenvalue weighted by atomic mass is 9.99. The first-order valence-corrected chi connectivity index (χ1v) is 21.2. The Kier molecular flexibility index (Phi) is 30.9. The minimum absolute atomic E-state index is 0.280. The predicted octanol–water partition coefficient (Wildman–Crippen LogP) is 6.91. The first-order chi connectivity index (χ1) is 25.3. The van der Waals surface area contributed by atoms with Crippen LogP contribution in [0, 0.1) is 0 Å². The second kappa shape index (κ2) is 33.0. The molecule has 1 amide bonds. The monoisotopic (exact) mass is 742 g/mol. The molecule has 1 heterocycles. The molecular weight excluding hydrogens is 662 g/mol. The Morgan fingerprint density at radius 3 is 1.62 bits per heavy atom. The number of carbonyl (C=O) groups excluding carboxylic acids is 1. The predicted molar refractivity (Wildman–Crippen MR) is 209 cm³/mol. The third-order valence-electron chi connectivity index (χ3n) is 10.1. The molecule has 0 spiro atoms. The Morgan fingerprint density at radius 2 is 1.12 bits per heavy atom. The minimum Gasteiger partial charge on any atom is -0.394 e. The zero-order valence-corrected chi connectivity index (χ0v) is 32.9. The van der Waals surface area contributed by atoms with Crippen LogP contribution in [-0.4, -0.2) is 98.7 Å². The quantitative estimate of drug-likeness (QED) is 0.0274. The lowest BCUT2D eigenvalue weighted by Crippen LogP contribution is -2.60. The van der Waals surface area contributed by atoms with E-state index in [0.29, 0.717) is 6.42 Å². The van der Waals surface area contributed by atoms with Crippen molar-refractivity contribution in [3.8, 4) is 0 Å². The Hall–Kier alpha value is -1.37. The van der Waals surface area contributed by atoms with E-state index in [0.717, 1.165) is 38.5 Å². The van der Waals surface area contributed by atoms with Crippen LogP contribution in [0.4, 0.5) is 0 Å². The van der Waals surface area contributed by atoms with E-state index in [9.17, 15) is 35.4 Å². The van der Waals surface area contributed by atoms with E-state index in [4.69, 9.17) is 9.47 Å². The normalized spacial score (nSPS) is 22.7. The van der Waals surface area contributed by atoms with Crippen molar-refractivity contribution in [2.45, 2.75) is 223 Å². The fraction of sp³-hybridized carbons (Fsp3) is 0.881. The standard InChI is InChI=1S/C42H79NO9/c1-3-5-7-9-11-13-15-17-18-19-21-22-24-26-28-30-35(45)34(33-51-42-40(49)39(48)38(47)37(32-44)52-42)43-41(50)36(46)31-29-27-25-23-20-16-14-12-10-8-6-4-2/h20,23,28,30,34-40,42,44-49H,3-19,21-22,24-27,29,31-33H2,1-2H3,(H,43,50)/b23-20-,30-28+. The molecule has 10 nitrogen and oxygen atoms in total. The smallest absolute Gasteiger partial charge is 0.249 e. The number of aliphatic hydroxyl groups is 6. The zero-order valence-electron chi connectivity index (χ0n) is 32.9. The first-order valence-electron chi connectivity index (χ1n) is 21.2. The molecule has 1 saturated heterocycles. The molecule has 1 rings (SSSR count). The summed E-state index contributed by atoms with van der Waals surface area (Å²) in [4.78, 5) is 13.0. The highest BCUT2D eigenvalue weighted by Crippen LogP contribution is 2.22. The van der Waals surface area contributed by atoms with E-state index in [2.05, 4.69) is 31.3 Å². The maximum atomic E-state index is 13.0. The topological polar surface area (TPSA) is 169 Å². The zero-order chi connectivity index (χ0) is 38.2.